The minimum atomic E-state index is -0.957. The molecular weight excluding hydrogens is 388 g/mol. The third-order valence-electron chi connectivity index (χ3n) is 3.80. The maximum absolute atomic E-state index is 11.0. The quantitative estimate of drug-likeness (QED) is 0.251. The molecule has 4 rings (SSSR count). The van der Waals surface area contributed by atoms with Crippen molar-refractivity contribution in [3.63, 3.8) is 0 Å². The summed E-state index contributed by atoms with van der Waals surface area (Å²) in [6, 6.07) is 2.18. The summed E-state index contributed by atoms with van der Waals surface area (Å²) in [5, 5.41) is 68.2. The van der Waals surface area contributed by atoms with E-state index in [2.05, 4.69) is 20.8 Å². The Labute approximate surface area is 152 Å². The van der Waals surface area contributed by atoms with Gasteiger partial charge in [-0.2, -0.15) is 5.12 Å². The molecule has 0 fully saturated rings. The fraction of sp³-hybridized carbons (Fsp3) is 0. The highest BCUT2D eigenvalue weighted by Gasteiger charge is 2.45. The van der Waals surface area contributed by atoms with Crippen LogP contribution in [0, 0.1) is 10.1 Å². The molecule has 0 unspecified atom stereocenters. The van der Waals surface area contributed by atoms with Crippen LogP contribution in [-0.2, 0) is 0 Å². The lowest BCUT2D eigenvalue weighted by atomic mass is 10.2. The summed E-state index contributed by atoms with van der Waals surface area (Å²) in [6.45, 7) is 0. The van der Waals surface area contributed by atoms with E-state index in [9.17, 15) is 41.4 Å². The first-order valence-electron chi connectivity index (χ1n) is 7.10. The highest BCUT2D eigenvalue weighted by atomic mass is 16.8. The van der Waals surface area contributed by atoms with Gasteiger partial charge in [-0.05, 0) is 27.0 Å². The Bertz CT molecular complexity index is 983. The van der Waals surface area contributed by atoms with Crippen molar-refractivity contribution in [1.29, 1.82) is 0 Å². The van der Waals surface area contributed by atoms with Crippen LogP contribution in [0.2, 0.25) is 0 Å². The Kier molecular flexibility index (Phi) is 3.61. The van der Waals surface area contributed by atoms with Gasteiger partial charge in [0.05, 0.1) is 5.69 Å². The molecule has 2 aliphatic heterocycles. The summed E-state index contributed by atoms with van der Waals surface area (Å²) in [7, 11) is 0. The summed E-state index contributed by atoms with van der Waals surface area (Å²) in [6.07, 6.45) is 0. The number of anilines is 7. The Balaban J connectivity index is 1.86. The lowest BCUT2D eigenvalue weighted by molar-refractivity contribution is -0.394. The largest absolute Gasteiger partial charge is 0.473 e. The van der Waals surface area contributed by atoms with E-state index in [-0.39, 0.29) is 44.7 Å². The number of hydrogen-bond acceptors (Lipinski definition) is 17. The van der Waals surface area contributed by atoms with Gasteiger partial charge in [-0.3, -0.25) is 42.1 Å². The van der Waals surface area contributed by atoms with Crippen LogP contribution in [-0.4, -0.2) is 46.1 Å². The van der Waals surface area contributed by atoms with E-state index in [0.717, 1.165) is 16.3 Å². The topological polar surface area (TPSA) is 231 Å². The summed E-state index contributed by atoms with van der Waals surface area (Å²) < 4.78 is 0. The van der Waals surface area contributed by atoms with Gasteiger partial charge in [-0.1, -0.05) is 5.23 Å². The first kappa shape index (κ1) is 17.5. The highest BCUT2D eigenvalue weighted by Crippen LogP contribution is 2.50. The van der Waals surface area contributed by atoms with Gasteiger partial charge in [0.25, 0.3) is 11.6 Å². The molecule has 0 spiro atoms. The minimum absolute atomic E-state index is 0.0291. The Hall–Kier alpha value is -3.94. The van der Waals surface area contributed by atoms with Crippen molar-refractivity contribution in [3.8, 4) is 0 Å². The van der Waals surface area contributed by atoms with E-state index in [4.69, 9.17) is 0 Å². The number of hydrogen-bond donors (Lipinski definition) is 8. The fourth-order valence-corrected chi connectivity index (χ4v) is 2.69. The van der Waals surface area contributed by atoms with Crippen LogP contribution in [0.4, 0.5) is 46.0 Å². The van der Waals surface area contributed by atoms with E-state index in [1.165, 1.54) is 6.07 Å². The Morgan fingerprint density at radius 2 is 1.61 bits per heavy atom. The van der Waals surface area contributed by atoms with E-state index in [1.807, 2.05) is 0 Å². The van der Waals surface area contributed by atoms with Crippen LogP contribution in [0.3, 0.4) is 0 Å². The second-order valence-electron chi connectivity index (χ2n) is 5.38. The molecule has 0 atom stereocenters. The van der Waals surface area contributed by atoms with Crippen LogP contribution in [0.25, 0.3) is 0 Å². The molecule has 148 valence electrons. The number of fused-ring (bicyclic) bond motifs is 5. The van der Waals surface area contributed by atoms with Crippen LogP contribution in [0.15, 0.2) is 12.1 Å². The minimum Gasteiger partial charge on any atom is -0.390 e. The number of hydrazine groups is 3. The second kappa shape index (κ2) is 5.78. The molecule has 2 aromatic rings. The maximum atomic E-state index is 11.0. The normalized spacial score (nSPS) is 13.4. The molecule has 2 aliphatic rings. The fourth-order valence-electron chi connectivity index (χ4n) is 2.69. The van der Waals surface area contributed by atoms with Gasteiger partial charge in [0.1, 0.15) is 17.1 Å². The average Bonchev–Trinajstić information content (AvgIpc) is 3.15. The average molecular weight is 398 g/mol. The molecule has 0 radical (unpaired) electrons. The van der Waals surface area contributed by atoms with Crippen molar-refractivity contribution in [2.24, 2.45) is 0 Å². The van der Waals surface area contributed by atoms with Gasteiger partial charge in [-0.15, -0.1) is 15.6 Å². The lowest BCUT2D eigenvalue weighted by Crippen LogP contribution is -2.40. The van der Waals surface area contributed by atoms with Crippen molar-refractivity contribution in [3.05, 3.63) is 22.2 Å². The van der Waals surface area contributed by atoms with Crippen LogP contribution >= 0.6 is 0 Å². The zero-order chi connectivity index (χ0) is 20.3. The van der Waals surface area contributed by atoms with Crippen molar-refractivity contribution < 1.29 is 36.2 Å². The molecular formula is C10H10N10O8. The van der Waals surface area contributed by atoms with Crippen LogP contribution < -0.4 is 36.8 Å². The van der Waals surface area contributed by atoms with E-state index in [0.29, 0.717) is 0 Å². The molecule has 18 heteroatoms. The zero-order valence-electron chi connectivity index (χ0n) is 13.2. The molecule has 0 aliphatic carbocycles. The first-order chi connectivity index (χ1) is 13.2. The van der Waals surface area contributed by atoms with Gasteiger partial charge in [0, 0.05) is 0 Å². The third-order valence-corrected chi connectivity index (χ3v) is 3.80. The van der Waals surface area contributed by atoms with Gasteiger partial charge in [0.2, 0.25) is 0 Å². The summed E-state index contributed by atoms with van der Waals surface area (Å²) in [5.74, 6) is -1.82. The molecule has 1 aromatic carbocycles. The number of rotatable bonds is 4. The number of nitro groups is 1. The van der Waals surface area contributed by atoms with Crippen molar-refractivity contribution in [2.75, 3.05) is 36.8 Å². The molecule has 0 bridgehead atoms. The van der Waals surface area contributed by atoms with Crippen molar-refractivity contribution in [1.82, 2.24) is 9.97 Å². The lowest BCUT2D eigenvalue weighted by Gasteiger charge is -2.20. The smallest absolute Gasteiger partial charge is 0.390 e. The predicted octanol–water partition coefficient (Wildman–Crippen LogP) is 0.0482. The number of nitrogens with zero attached hydrogens (tertiary/aromatic N) is 8. The number of benzene rings is 1. The third kappa shape index (κ3) is 2.38. The monoisotopic (exact) mass is 398 g/mol. The molecule has 0 saturated heterocycles. The van der Waals surface area contributed by atoms with Crippen LogP contribution in [0.5, 0.6) is 0 Å². The van der Waals surface area contributed by atoms with Gasteiger partial charge in [0.15, 0.2) is 5.69 Å². The van der Waals surface area contributed by atoms with E-state index in [1.54, 1.807) is 0 Å². The Morgan fingerprint density at radius 3 is 2.18 bits per heavy atom. The van der Waals surface area contributed by atoms with Crippen molar-refractivity contribution in [2.45, 2.75) is 0 Å². The van der Waals surface area contributed by atoms with Gasteiger partial charge < -0.3 is 10.1 Å². The van der Waals surface area contributed by atoms with Crippen LogP contribution in [0.1, 0.15) is 0 Å². The van der Waals surface area contributed by atoms with Crippen molar-refractivity contribution >= 4 is 46.0 Å². The van der Waals surface area contributed by atoms with Gasteiger partial charge >= 0.3 is 5.95 Å². The number of aromatic nitrogens is 2. The molecule has 0 amide bonds. The predicted molar refractivity (Wildman–Crippen MR) is 85.5 cm³/mol. The second-order valence-corrected chi connectivity index (χ2v) is 5.38. The highest BCUT2D eigenvalue weighted by molar-refractivity contribution is 5.98. The molecule has 28 heavy (non-hydrogen) atoms. The summed E-state index contributed by atoms with van der Waals surface area (Å²) in [4.78, 5) is 17.2. The molecule has 1 aromatic heterocycles. The number of nitrogens with one attached hydrogen (secondary N) is 2. The van der Waals surface area contributed by atoms with Gasteiger partial charge in [-0.25, -0.2) is 0 Å². The summed E-state index contributed by atoms with van der Waals surface area (Å²) in [5.41, 5.74) is 4.62. The molecule has 8 N–H and O–H groups in total. The first-order valence-corrected chi connectivity index (χ1v) is 7.10. The molecule has 18 nitrogen and oxygen atoms in total. The zero-order valence-corrected chi connectivity index (χ0v) is 13.2. The SMILES string of the molecule is O=[N+]([O-])c1nc(N(O)O)c2c(n1)N1Nc3c(N(O)O)cc(N(O)O)cc3N1N2. The molecule has 3 heterocycles. The maximum Gasteiger partial charge on any atom is 0.473 e. The standard InChI is InChI=1S/C10H10N10O8/c21-17(22)3-1-4-6(5(2-3)18(23)24)13-16-8-7(14-15(4)16)9(19(25)26)12-10(11-8)20(27)28/h1-2,13-14,21-26H. The summed E-state index contributed by atoms with van der Waals surface area (Å²) >= 11 is 0. The Morgan fingerprint density at radius 1 is 0.929 bits per heavy atom. The molecule has 0 saturated carbocycles. The van der Waals surface area contributed by atoms with E-state index < -0.39 is 21.9 Å². The van der Waals surface area contributed by atoms with E-state index >= 15 is 0 Å².